The molecule has 0 aliphatic carbocycles. The Hall–Kier alpha value is -3.82. The molecule has 1 aliphatic rings. The van der Waals surface area contributed by atoms with Crippen molar-refractivity contribution in [2.75, 3.05) is 31.2 Å². The number of hydrogen-bond donors (Lipinski definition) is 2. The second-order valence-corrected chi connectivity index (χ2v) is 7.29. The highest BCUT2D eigenvalue weighted by atomic mass is 16.5. The van der Waals surface area contributed by atoms with E-state index in [0.29, 0.717) is 0 Å². The molecule has 3 heterocycles. The van der Waals surface area contributed by atoms with Crippen LogP contribution in [0.2, 0.25) is 0 Å². The maximum absolute atomic E-state index is 9.81. The number of H-pyrrole nitrogens is 1. The highest BCUT2D eigenvalue weighted by Crippen LogP contribution is 2.33. The highest BCUT2D eigenvalue weighted by Gasteiger charge is 2.13. The Labute approximate surface area is 174 Å². The van der Waals surface area contributed by atoms with Crippen LogP contribution >= 0.6 is 0 Å². The predicted molar refractivity (Wildman–Crippen MR) is 116 cm³/mol. The molecule has 1 saturated heterocycles. The molecular formula is C24H20N4O2. The van der Waals surface area contributed by atoms with Crippen molar-refractivity contribution in [3.8, 4) is 34.2 Å². The SMILES string of the molecule is N#Cc1cc(-c2ccnc3[nH]c(-c4ccc(N5CCOCC5)cc4)cc23)ccc1O. The monoisotopic (exact) mass is 396 g/mol. The van der Waals surface area contributed by atoms with E-state index in [1.165, 1.54) is 5.69 Å². The number of rotatable bonds is 3. The largest absolute Gasteiger partial charge is 0.507 e. The zero-order valence-electron chi connectivity index (χ0n) is 16.3. The van der Waals surface area contributed by atoms with Gasteiger partial charge in [0.05, 0.1) is 18.8 Å². The standard InChI is InChI=1S/C24H20N4O2/c25-15-18-13-17(3-6-23(18)29)20-7-8-26-24-21(20)14-22(27-24)16-1-4-19(5-2-16)28-9-11-30-12-10-28/h1-8,13-14,29H,9-12H2,(H,26,27). The van der Waals surface area contributed by atoms with E-state index in [1.807, 2.05) is 18.2 Å². The first kappa shape index (κ1) is 18.2. The first-order valence-corrected chi connectivity index (χ1v) is 9.87. The summed E-state index contributed by atoms with van der Waals surface area (Å²) in [5, 5.41) is 20.0. The van der Waals surface area contributed by atoms with Gasteiger partial charge in [0, 0.05) is 36.1 Å². The van der Waals surface area contributed by atoms with E-state index in [1.54, 1.807) is 18.3 Å². The van der Waals surface area contributed by atoms with Crippen molar-refractivity contribution in [1.82, 2.24) is 9.97 Å². The third-order valence-electron chi connectivity index (χ3n) is 5.51. The van der Waals surface area contributed by atoms with Crippen molar-refractivity contribution in [1.29, 1.82) is 5.26 Å². The Bertz CT molecular complexity index is 1250. The molecule has 0 spiro atoms. The number of morpholine rings is 1. The summed E-state index contributed by atoms with van der Waals surface area (Å²) >= 11 is 0. The van der Waals surface area contributed by atoms with Crippen molar-refractivity contribution < 1.29 is 9.84 Å². The van der Waals surface area contributed by atoms with Crippen LogP contribution in [0.4, 0.5) is 5.69 Å². The molecule has 148 valence electrons. The number of benzene rings is 2. The van der Waals surface area contributed by atoms with Gasteiger partial charge in [-0.1, -0.05) is 18.2 Å². The quantitative estimate of drug-likeness (QED) is 0.539. The van der Waals surface area contributed by atoms with Gasteiger partial charge in [0.15, 0.2) is 0 Å². The number of fused-ring (bicyclic) bond motifs is 1. The molecule has 0 bridgehead atoms. The fourth-order valence-electron chi connectivity index (χ4n) is 3.90. The van der Waals surface area contributed by atoms with Gasteiger partial charge >= 0.3 is 0 Å². The van der Waals surface area contributed by atoms with Gasteiger partial charge in [0.25, 0.3) is 0 Å². The Morgan fingerprint density at radius 2 is 1.77 bits per heavy atom. The lowest BCUT2D eigenvalue weighted by atomic mass is 10.0. The topological polar surface area (TPSA) is 85.2 Å². The zero-order valence-corrected chi connectivity index (χ0v) is 16.3. The van der Waals surface area contributed by atoms with Crippen LogP contribution in [-0.2, 0) is 4.74 Å². The molecule has 0 radical (unpaired) electrons. The summed E-state index contributed by atoms with van der Waals surface area (Å²) < 4.78 is 5.43. The van der Waals surface area contributed by atoms with E-state index in [-0.39, 0.29) is 11.3 Å². The minimum absolute atomic E-state index is 0.0123. The van der Waals surface area contributed by atoms with E-state index in [2.05, 4.69) is 45.2 Å². The molecule has 2 aromatic carbocycles. The third-order valence-corrected chi connectivity index (χ3v) is 5.51. The van der Waals surface area contributed by atoms with E-state index in [9.17, 15) is 10.4 Å². The van der Waals surface area contributed by atoms with E-state index in [4.69, 9.17) is 4.74 Å². The molecule has 1 aliphatic heterocycles. The molecule has 0 saturated carbocycles. The molecule has 4 aromatic rings. The average Bonchev–Trinajstić information content (AvgIpc) is 3.25. The third kappa shape index (κ3) is 3.25. The zero-order chi connectivity index (χ0) is 20.5. The molecule has 2 N–H and O–H groups in total. The highest BCUT2D eigenvalue weighted by molar-refractivity contribution is 5.96. The van der Waals surface area contributed by atoms with Crippen molar-refractivity contribution in [2.45, 2.75) is 0 Å². The van der Waals surface area contributed by atoms with Crippen molar-refractivity contribution >= 4 is 16.7 Å². The fraction of sp³-hybridized carbons (Fsp3) is 0.167. The Kier molecular flexibility index (Phi) is 4.58. The number of phenolic OH excluding ortho intramolecular Hbond substituents is 1. The lowest BCUT2D eigenvalue weighted by Crippen LogP contribution is -2.36. The molecule has 6 nitrogen and oxygen atoms in total. The van der Waals surface area contributed by atoms with Crippen LogP contribution in [0.1, 0.15) is 5.56 Å². The van der Waals surface area contributed by atoms with Crippen molar-refractivity contribution in [2.24, 2.45) is 0 Å². The number of anilines is 1. The van der Waals surface area contributed by atoms with Crippen LogP contribution in [0.15, 0.2) is 60.8 Å². The van der Waals surface area contributed by atoms with Gasteiger partial charge in [-0.25, -0.2) is 4.98 Å². The number of aromatic hydroxyl groups is 1. The van der Waals surface area contributed by atoms with Gasteiger partial charge in [-0.15, -0.1) is 0 Å². The van der Waals surface area contributed by atoms with Crippen LogP contribution in [-0.4, -0.2) is 41.4 Å². The smallest absolute Gasteiger partial charge is 0.138 e. The van der Waals surface area contributed by atoms with Crippen LogP contribution in [0.25, 0.3) is 33.4 Å². The maximum atomic E-state index is 9.81. The average molecular weight is 396 g/mol. The summed E-state index contributed by atoms with van der Waals surface area (Å²) in [6.07, 6.45) is 1.75. The van der Waals surface area contributed by atoms with Gasteiger partial charge in [-0.3, -0.25) is 0 Å². The number of phenols is 1. The molecule has 2 aromatic heterocycles. The van der Waals surface area contributed by atoms with Gasteiger partial charge in [-0.05, 0) is 53.1 Å². The molecular weight excluding hydrogens is 376 g/mol. The van der Waals surface area contributed by atoms with Crippen molar-refractivity contribution in [3.63, 3.8) is 0 Å². The van der Waals surface area contributed by atoms with E-state index < -0.39 is 0 Å². The number of nitrogens with zero attached hydrogens (tertiary/aromatic N) is 3. The number of nitrogens with one attached hydrogen (secondary N) is 1. The number of aromatic nitrogens is 2. The molecule has 0 amide bonds. The van der Waals surface area contributed by atoms with Crippen LogP contribution in [0.5, 0.6) is 5.75 Å². The number of hydrogen-bond acceptors (Lipinski definition) is 5. The summed E-state index contributed by atoms with van der Waals surface area (Å²) in [6.45, 7) is 3.36. The van der Waals surface area contributed by atoms with E-state index >= 15 is 0 Å². The summed E-state index contributed by atoms with van der Waals surface area (Å²) in [4.78, 5) is 10.2. The summed E-state index contributed by atoms with van der Waals surface area (Å²) in [6, 6.07) is 19.6. The normalized spacial score (nSPS) is 14.0. The van der Waals surface area contributed by atoms with Gasteiger partial charge in [-0.2, -0.15) is 5.26 Å². The van der Waals surface area contributed by atoms with Crippen molar-refractivity contribution in [3.05, 3.63) is 66.4 Å². The molecule has 1 fully saturated rings. The van der Waals surface area contributed by atoms with Crippen LogP contribution in [0.3, 0.4) is 0 Å². The maximum Gasteiger partial charge on any atom is 0.138 e. The summed E-state index contributed by atoms with van der Waals surface area (Å²) in [5.74, 6) is -0.0123. The first-order valence-electron chi connectivity index (χ1n) is 9.87. The number of ether oxygens (including phenoxy) is 1. The molecule has 0 atom stereocenters. The molecule has 6 heteroatoms. The Balaban J connectivity index is 1.51. The first-order chi connectivity index (χ1) is 14.7. The van der Waals surface area contributed by atoms with Gasteiger partial charge < -0.3 is 19.7 Å². The number of nitriles is 1. The minimum atomic E-state index is -0.0123. The molecule has 5 rings (SSSR count). The van der Waals surface area contributed by atoms with Crippen LogP contribution < -0.4 is 4.90 Å². The van der Waals surface area contributed by atoms with Gasteiger partial charge in [0.1, 0.15) is 17.5 Å². The predicted octanol–water partition coefficient (Wildman–Crippen LogP) is 4.31. The molecule has 30 heavy (non-hydrogen) atoms. The summed E-state index contributed by atoms with van der Waals surface area (Å²) in [7, 11) is 0. The number of pyridine rings is 1. The Morgan fingerprint density at radius 3 is 2.53 bits per heavy atom. The lowest BCUT2D eigenvalue weighted by Gasteiger charge is -2.28. The second-order valence-electron chi connectivity index (χ2n) is 7.29. The van der Waals surface area contributed by atoms with Gasteiger partial charge in [0.2, 0.25) is 0 Å². The lowest BCUT2D eigenvalue weighted by molar-refractivity contribution is 0.122. The Morgan fingerprint density at radius 1 is 1.00 bits per heavy atom. The minimum Gasteiger partial charge on any atom is -0.507 e. The van der Waals surface area contributed by atoms with E-state index in [0.717, 1.165) is 59.7 Å². The summed E-state index contributed by atoms with van der Waals surface area (Å²) in [5.41, 5.74) is 6.13. The number of aromatic amines is 1. The molecule has 0 unspecified atom stereocenters. The van der Waals surface area contributed by atoms with Crippen LogP contribution in [0, 0.1) is 11.3 Å². The second kappa shape index (κ2) is 7.54. The fourth-order valence-corrected chi connectivity index (χ4v) is 3.90.